The summed E-state index contributed by atoms with van der Waals surface area (Å²) in [4.78, 5) is 2.19. The normalized spacial score (nSPS) is 12.9. The molecule has 0 aromatic heterocycles. The van der Waals surface area contributed by atoms with E-state index in [4.69, 9.17) is 5.26 Å². The number of hydrogen-bond donors (Lipinski definition) is 0. The van der Waals surface area contributed by atoms with Gasteiger partial charge in [0.1, 0.15) is 0 Å². The quantitative estimate of drug-likeness (QED) is 0.569. The highest BCUT2D eigenvalue weighted by atomic mass is 15.1. The van der Waals surface area contributed by atoms with Gasteiger partial charge >= 0.3 is 0 Å². The van der Waals surface area contributed by atoms with Gasteiger partial charge in [0, 0.05) is 6.54 Å². The highest BCUT2D eigenvalue weighted by molar-refractivity contribution is 4.76. The molecule has 2 heteroatoms. The van der Waals surface area contributed by atoms with E-state index in [-0.39, 0.29) is 0 Å². The minimum absolute atomic E-state index is 0.574. The SMILES string of the molecule is CCCC(C)CN(CC)CC#N. The van der Waals surface area contributed by atoms with Crippen molar-refractivity contribution in [3.8, 4) is 6.07 Å². The molecule has 0 aliphatic carbocycles. The van der Waals surface area contributed by atoms with Crippen LogP contribution in [0.4, 0.5) is 0 Å². The van der Waals surface area contributed by atoms with Gasteiger partial charge in [0.05, 0.1) is 12.6 Å². The minimum atomic E-state index is 0.574. The van der Waals surface area contributed by atoms with Crippen LogP contribution >= 0.6 is 0 Å². The Kier molecular flexibility index (Phi) is 6.79. The third-order valence-electron chi connectivity index (χ3n) is 2.09. The van der Waals surface area contributed by atoms with E-state index in [0.717, 1.165) is 19.0 Å². The van der Waals surface area contributed by atoms with E-state index in [9.17, 15) is 0 Å². The van der Waals surface area contributed by atoms with Crippen LogP contribution in [0, 0.1) is 17.2 Å². The third-order valence-corrected chi connectivity index (χ3v) is 2.09. The third kappa shape index (κ3) is 5.15. The van der Waals surface area contributed by atoms with Crippen molar-refractivity contribution in [2.45, 2.75) is 33.6 Å². The van der Waals surface area contributed by atoms with E-state index < -0.39 is 0 Å². The first-order valence-electron chi connectivity index (χ1n) is 4.83. The molecule has 0 heterocycles. The Hall–Kier alpha value is -0.550. The first-order valence-corrected chi connectivity index (χ1v) is 4.83. The van der Waals surface area contributed by atoms with Crippen LogP contribution in [0.15, 0.2) is 0 Å². The van der Waals surface area contributed by atoms with Crippen molar-refractivity contribution in [1.29, 1.82) is 5.26 Å². The van der Waals surface area contributed by atoms with Gasteiger partial charge in [-0.3, -0.25) is 4.90 Å². The molecular formula is C10H20N2. The lowest BCUT2D eigenvalue weighted by atomic mass is 10.1. The average molecular weight is 168 g/mol. The van der Waals surface area contributed by atoms with Gasteiger partial charge in [-0.05, 0) is 18.9 Å². The van der Waals surface area contributed by atoms with Crippen LogP contribution in [-0.2, 0) is 0 Å². The fourth-order valence-corrected chi connectivity index (χ4v) is 1.43. The fourth-order valence-electron chi connectivity index (χ4n) is 1.43. The van der Waals surface area contributed by atoms with Crippen LogP contribution in [-0.4, -0.2) is 24.5 Å². The van der Waals surface area contributed by atoms with E-state index in [0.29, 0.717) is 6.54 Å². The molecule has 0 rings (SSSR count). The van der Waals surface area contributed by atoms with Crippen LogP contribution in [0.1, 0.15) is 33.6 Å². The van der Waals surface area contributed by atoms with Crippen molar-refractivity contribution in [1.82, 2.24) is 4.90 Å². The van der Waals surface area contributed by atoms with Crippen LogP contribution in [0.5, 0.6) is 0 Å². The number of nitrogens with zero attached hydrogens (tertiary/aromatic N) is 2. The van der Waals surface area contributed by atoms with Crippen molar-refractivity contribution >= 4 is 0 Å². The molecule has 0 aromatic carbocycles. The lowest BCUT2D eigenvalue weighted by Gasteiger charge is -2.20. The van der Waals surface area contributed by atoms with Gasteiger partial charge in [-0.2, -0.15) is 5.26 Å². The van der Waals surface area contributed by atoms with E-state index in [1.807, 2.05) is 0 Å². The number of hydrogen-bond acceptors (Lipinski definition) is 2. The van der Waals surface area contributed by atoms with Gasteiger partial charge < -0.3 is 0 Å². The Morgan fingerprint density at radius 2 is 2.08 bits per heavy atom. The Labute approximate surface area is 76.2 Å². The summed E-state index contributed by atoms with van der Waals surface area (Å²) < 4.78 is 0. The maximum Gasteiger partial charge on any atom is 0.0865 e. The first-order chi connectivity index (χ1) is 5.74. The Morgan fingerprint density at radius 3 is 2.50 bits per heavy atom. The van der Waals surface area contributed by atoms with E-state index in [1.165, 1.54) is 12.8 Å². The first kappa shape index (κ1) is 11.4. The second-order valence-corrected chi connectivity index (χ2v) is 3.38. The highest BCUT2D eigenvalue weighted by Gasteiger charge is 2.06. The smallest absolute Gasteiger partial charge is 0.0865 e. The molecule has 0 N–H and O–H groups in total. The number of nitriles is 1. The summed E-state index contributed by atoms with van der Waals surface area (Å²) in [7, 11) is 0. The molecule has 0 spiro atoms. The average Bonchev–Trinajstić information content (AvgIpc) is 2.04. The molecule has 0 aromatic rings. The summed E-state index contributed by atoms with van der Waals surface area (Å²) in [5, 5.41) is 8.52. The molecule has 0 saturated carbocycles. The van der Waals surface area contributed by atoms with Gasteiger partial charge in [-0.15, -0.1) is 0 Å². The molecule has 0 fully saturated rings. The summed E-state index contributed by atoms with van der Waals surface area (Å²) >= 11 is 0. The van der Waals surface area contributed by atoms with Crippen LogP contribution in [0.3, 0.4) is 0 Å². The minimum Gasteiger partial charge on any atom is -0.291 e. The Bertz CT molecular complexity index is 137. The maximum atomic E-state index is 8.52. The molecule has 1 unspecified atom stereocenters. The topological polar surface area (TPSA) is 27.0 Å². The van der Waals surface area contributed by atoms with Crippen molar-refractivity contribution < 1.29 is 0 Å². The van der Waals surface area contributed by atoms with Crippen LogP contribution in [0.2, 0.25) is 0 Å². The standard InChI is InChI=1S/C10H20N2/c1-4-6-10(3)9-12(5-2)8-7-11/h10H,4-6,8-9H2,1-3H3. The van der Waals surface area contributed by atoms with Crippen molar-refractivity contribution in [2.75, 3.05) is 19.6 Å². The van der Waals surface area contributed by atoms with Crippen LogP contribution < -0.4 is 0 Å². The van der Waals surface area contributed by atoms with E-state index in [2.05, 4.69) is 31.7 Å². The second kappa shape index (κ2) is 7.12. The van der Waals surface area contributed by atoms with E-state index in [1.54, 1.807) is 0 Å². The van der Waals surface area contributed by atoms with Gasteiger partial charge in [0.15, 0.2) is 0 Å². The molecule has 12 heavy (non-hydrogen) atoms. The Balaban J connectivity index is 3.62. The molecule has 0 bridgehead atoms. The number of rotatable bonds is 6. The summed E-state index contributed by atoms with van der Waals surface area (Å²) in [6, 6.07) is 2.19. The van der Waals surface area contributed by atoms with Crippen molar-refractivity contribution in [2.24, 2.45) is 5.92 Å². The molecule has 0 radical (unpaired) electrons. The molecular weight excluding hydrogens is 148 g/mol. The Morgan fingerprint density at radius 1 is 1.42 bits per heavy atom. The fraction of sp³-hybridized carbons (Fsp3) is 0.900. The molecule has 1 atom stereocenters. The molecule has 0 aliphatic rings. The zero-order chi connectivity index (χ0) is 9.40. The summed E-state index contributed by atoms with van der Waals surface area (Å²) in [5.41, 5.74) is 0. The molecule has 2 nitrogen and oxygen atoms in total. The summed E-state index contributed by atoms with van der Waals surface area (Å²) in [5.74, 6) is 0.725. The molecule has 0 amide bonds. The predicted molar refractivity (Wildman–Crippen MR) is 51.8 cm³/mol. The van der Waals surface area contributed by atoms with Crippen molar-refractivity contribution in [3.05, 3.63) is 0 Å². The van der Waals surface area contributed by atoms with Crippen LogP contribution in [0.25, 0.3) is 0 Å². The lowest BCUT2D eigenvalue weighted by Crippen LogP contribution is -2.28. The zero-order valence-electron chi connectivity index (χ0n) is 8.51. The second-order valence-electron chi connectivity index (χ2n) is 3.38. The lowest BCUT2D eigenvalue weighted by molar-refractivity contribution is 0.267. The largest absolute Gasteiger partial charge is 0.291 e. The van der Waals surface area contributed by atoms with Gasteiger partial charge in [0.25, 0.3) is 0 Å². The monoisotopic (exact) mass is 168 g/mol. The maximum absolute atomic E-state index is 8.52. The van der Waals surface area contributed by atoms with Crippen molar-refractivity contribution in [3.63, 3.8) is 0 Å². The molecule has 0 saturated heterocycles. The molecule has 0 aliphatic heterocycles. The predicted octanol–water partition coefficient (Wildman–Crippen LogP) is 2.27. The van der Waals surface area contributed by atoms with E-state index >= 15 is 0 Å². The van der Waals surface area contributed by atoms with Gasteiger partial charge in [-0.1, -0.05) is 27.2 Å². The summed E-state index contributed by atoms with van der Waals surface area (Å²) in [6.45, 7) is 9.20. The summed E-state index contributed by atoms with van der Waals surface area (Å²) in [6.07, 6.45) is 2.51. The van der Waals surface area contributed by atoms with Gasteiger partial charge in [0.2, 0.25) is 0 Å². The molecule has 70 valence electrons. The highest BCUT2D eigenvalue weighted by Crippen LogP contribution is 2.06. The zero-order valence-corrected chi connectivity index (χ0v) is 8.51. The van der Waals surface area contributed by atoms with Gasteiger partial charge in [-0.25, -0.2) is 0 Å².